The Bertz CT molecular complexity index is 241. The normalized spacial score (nSPS) is 43.3. The van der Waals surface area contributed by atoms with E-state index in [1.54, 1.807) is 0 Å². The van der Waals surface area contributed by atoms with Crippen LogP contribution in [0.1, 0.15) is 44.9 Å². The molecule has 2 saturated carbocycles. The standard InChI is InChI=1S/C14H26N2/c1-16-8-2-3-13(16)6-7-15-14-10-11-4-5-12(14)9-11/h11-15H,2-10H2,1H3/t11-,12-,13-,14+/m0/s1. The van der Waals surface area contributed by atoms with E-state index < -0.39 is 0 Å². The Morgan fingerprint density at radius 2 is 2.12 bits per heavy atom. The van der Waals surface area contributed by atoms with Crippen molar-refractivity contribution in [1.82, 2.24) is 10.2 Å². The Balaban J connectivity index is 1.37. The van der Waals surface area contributed by atoms with E-state index >= 15 is 0 Å². The Morgan fingerprint density at radius 1 is 1.19 bits per heavy atom. The molecular formula is C14H26N2. The van der Waals surface area contributed by atoms with Crippen molar-refractivity contribution < 1.29 is 0 Å². The third kappa shape index (κ3) is 2.14. The highest BCUT2D eigenvalue weighted by molar-refractivity contribution is 4.94. The molecule has 1 N–H and O–H groups in total. The lowest BCUT2D eigenvalue weighted by Gasteiger charge is -2.25. The SMILES string of the molecule is CN1CCC[C@H]1CCN[C@@H]1C[C@H]2CC[C@H]1C2. The molecule has 2 bridgehead atoms. The summed E-state index contributed by atoms with van der Waals surface area (Å²) in [7, 11) is 2.29. The summed E-state index contributed by atoms with van der Waals surface area (Å²) in [6, 6.07) is 1.75. The maximum atomic E-state index is 3.83. The summed E-state index contributed by atoms with van der Waals surface area (Å²) in [5, 5.41) is 3.83. The van der Waals surface area contributed by atoms with E-state index in [4.69, 9.17) is 0 Å². The number of rotatable bonds is 4. The number of nitrogens with zero attached hydrogens (tertiary/aromatic N) is 1. The molecule has 2 nitrogen and oxygen atoms in total. The van der Waals surface area contributed by atoms with Gasteiger partial charge in [-0.2, -0.15) is 0 Å². The van der Waals surface area contributed by atoms with Crippen LogP contribution in [0.5, 0.6) is 0 Å². The molecule has 2 heteroatoms. The molecule has 0 radical (unpaired) electrons. The largest absolute Gasteiger partial charge is 0.314 e. The Labute approximate surface area is 99.8 Å². The minimum atomic E-state index is 0.867. The summed E-state index contributed by atoms with van der Waals surface area (Å²) in [5.41, 5.74) is 0. The molecule has 0 spiro atoms. The van der Waals surface area contributed by atoms with Crippen LogP contribution < -0.4 is 5.32 Å². The highest BCUT2D eigenvalue weighted by atomic mass is 15.1. The van der Waals surface area contributed by atoms with E-state index in [1.807, 2.05) is 0 Å². The van der Waals surface area contributed by atoms with Gasteiger partial charge in [-0.3, -0.25) is 0 Å². The minimum absolute atomic E-state index is 0.867. The zero-order chi connectivity index (χ0) is 11.0. The Kier molecular flexibility index (Phi) is 3.21. The maximum Gasteiger partial charge on any atom is 0.0105 e. The summed E-state index contributed by atoms with van der Waals surface area (Å²) in [5.74, 6) is 2.11. The van der Waals surface area contributed by atoms with Gasteiger partial charge in [0.15, 0.2) is 0 Å². The average molecular weight is 222 g/mol. The zero-order valence-electron chi connectivity index (χ0n) is 10.6. The molecule has 16 heavy (non-hydrogen) atoms. The average Bonchev–Trinajstić information content (AvgIpc) is 2.96. The van der Waals surface area contributed by atoms with Gasteiger partial charge in [0.1, 0.15) is 0 Å². The van der Waals surface area contributed by atoms with Crippen LogP contribution in [-0.4, -0.2) is 37.1 Å². The van der Waals surface area contributed by atoms with Crippen molar-refractivity contribution in [2.75, 3.05) is 20.1 Å². The number of likely N-dealkylation sites (tertiary alicyclic amines) is 1. The summed E-state index contributed by atoms with van der Waals surface area (Å²) in [6.07, 6.45) is 10.2. The van der Waals surface area contributed by atoms with E-state index in [1.165, 1.54) is 58.0 Å². The molecule has 3 rings (SSSR count). The van der Waals surface area contributed by atoms with Crippen molar-refractivity contribution in [3.05, 3.63) is 0 Å². The van der Waals surface area contributed by atoms with Crippen LogP contribution in [0.4, 0.5) is 0 Å². The van der Waals surface area contributed by atoms with Gasteiger partial charge in [0.2, 0.25) is 0 Å². The van der Waals surface area contributed by atoms with Crippen molar-refractivity contribution in [3.8, 4) is 0 Å². The molecule has 0 aromatic rings. The number of nitrogens with one attached hydrogen (secondary N) is 1. The quantitative estimate of drug-likeness (QED) is 0.785. The number of hydrogen-bond donors (Lipinski definition) is 1. The monoisotopic (exact) mass is 222 g/mol. The first-order valence-corrected chi connectivity index (χ1v) is 7.26. The zero-order valence-corrected chi connectivity index (χ0v) is 10.6. The fourth-order valence-electron chi connectivity index (χ4n) is 4.27. The smallest absolute Gasteiger partial charge is 0.0105 e. The first kappa shape index (κ1) is 11.0. The van der Waals surface area contributed by atoms with Crippen molar-refractivity contribution in [2.24, 2.45) is 11.8 Å². The molecule has 1 saturated heterocycles. The van der Waals surface area contributed by atoms with E-state index in [-0.39, 0.29) is 0 Å². The second kappa shape index (κ2) is 4.66. The molecule has 3 fully saturated rings. The van der Waals surface area contributed by atoms with Crippen LogP contribution >= 0.6 is 0 Å². The third-order valence-corrected chi connectivity index (χ3v) is 5.29. The lowest BCUT2D eigenvalue weighted by Crippen LogP contribution is -2.37. The van der Waals surface area contributed by atoms with Crippen LogP contribution in [0, 0.1) is 11.8 Å². The fraction of sp³-hybridized carbons (Fsp3) is 1.00. The molecule has 92 valence electrons. The molecule has 3 aliphatic rings. The van der Waals surface area contributed by atoms with Gasteiger partial charge < -0.3 is 10.2 Å². The summed E-state index contributed by atoms with van der Waals surface area (Å²) < 4.78 is 0. The second-order valence-electron chi connectivity index (χ2n) is 6.30. The van der Waals surface area contributed by atoms with Crippen LogP contribution in [0.3, 0.4) is 0 Å². The Morgan fingerprint density at radius 3 is 2.75 bits per heavy atom. The summed E-state index contributed by atoms with van der Waals surface area (Å²) >= 11 is 0. The lowest BCUT2D eigenvalue weighted by atomic mass is 9.95. The first-order valence-electron chi connectivity index (χ1n) is 7.26. The second-order valence-corrected chi connectivity index (χ2v) is 6.30. The predicted octanol–water partition coefficient (Wildman–Crippen LogP) is 2.25. The van der Waals surface area contributed by atoms with E-state index in [0.717, 1.165) is 23.9 Å². The van der Waals surface area contributed by atoms with Crippen molar-refractivity contribution in [2.45, 2.75) is 57.0 Å². The maximum absolute atomic E-state index is 3.83. The van der Waals surface area contributed by atoms with Crippen LogP contribution in [0.2, 0.25) is 0 Å². The van der Waals surface area contributed by atoms with Gasteiger partial charge in [-0.25, -0.2) is 0 Å². The third-order valence-electron chi connectivity index (χ3n) is 5.29. The minimum Gasteiger partial charge on any atom is -0.314 e. The molecule has 0 unspecified atom stereocenters. The van der Waals surface area contributed by atoms with Gasteiger partial charge in [0, 0.05) is 12.1 Å². The van der Waals surface area contributed by atoms with Gasteiger partial charge in [-0.05, 0) is 70.5 Å². The van der Waals surface area contributed by atoms with Crippen LogP contribution in [-0.2, 0) is 0 Å². The highest BCUT2D eigenvalue weighted by Crippen LogP contribution is 2.44. The molecule has 0 amide bonds. The molecule has 1 heterocycles. The summed E-state index contributed by atoms with van der Waals surface area (Å²) in [4.78, 5) is 2.54. The van der Waals surface area contributed by atoms with Crippen molar-refractivity contribution in [1.29, 1.82) is 0 Å². The van der Waals surface area contributed by atoms with Crippen LogP contribution in [0.25, 0.3) is 0 Å². The molecule has 0 aromatic carbocycles. The number of hydrogen-bond acceptors (Lipinski definition) is 2. The lowest BCUT2D eigenvalue weighted by molar-refractivity contribution is 0.279. The van der Waals surface area contributed by atoms with Crippen LogP contribution in [0.15, 0.2) is 0 Å². The van der Waals surface area contributed by atoms with Gasteiger partial charge in [-0.15, -0.1) is 0 Å². The Hall–Kier alpha value is -0.0800. The van der Waals surface area contributed by atoms with Crippen molar-refractivity contribution in [3.63, 3.8) is 0 Å². The van der Waals surface area contributed by atoms with Gasteiger partial charge in [-0.1, -0.05) is 6.42 Å². The van der Waals surface area contributed by atoms with Gasteiger partial charge in [0.25, 0.3) is 0 Å². The molecule has 1 aliphatic heterocycles. The van der Waals surface area contributed by atoms with E-state index in [2.05, 4.69) is 17.3 Å². The van der Waals surface area contributed by atoms with Gasteiger partial charge in [0.05, 0.1) is 0 Å². The molecular weight excluding hydrogens is 196 g/mol. The number of fused-ring (bicyclic) bond motifs is 2. The fourth-order valence-corrected chi connectivity index (χ4v) is 4.27. The molecule has 2 aliphatic carbocycles. The first-order chi connectivity index (χ1) is 7.83. The van der Waals surface area contributed by atoms with E-state index in [9.17, 15) is 0 Å². The molecule has 0 aromatic heterocycles. The summed E-state index contributed by atoms with van der Waals surface area (Å²) in [6.45, 7) is 2.57. The molecule has 4 atom stereocenters. The topological polar surface area (TPSA) is 15.3 Å². The van der Waals surface area contributed by atoms with Gasteiger partial charge >= 0.3 is 0 Å². The van der Waals surface area contributed by atoms with Crippen molar-refractivity contribution >= 4 is 0 Å². The highest BCUT2D eigenvalue weighted by Gasteiger charge is 2.39. The predicted molar refractivity (Wildman–Crippen MR) is 67.5 cm³/mol. The van der Waals surface area contributed by atoms with E-state index in [0.29, 0.717) is 0 Å².